The van der Waals surface area contributed by atoms with Gasteiger partial charge < -0.3 is 20.1 Å². The normalized spacial score (nSPS) is 12.9. The lowest BCUT2D eigenvalue weighted by atomic mass is 10.2. The lowest BCUT2D eigenvalue weighted by Crippen LogP contribution is -2.43. The number of alkyl halides is 3. The first-order valence-electron chi connectivity index (χ1n) is 7.46. The first kappa shape index (κ1) is 20.6. The van der Waals surface area contributed by atoms with Gasteiger partial charge in [0.25, 0.3) is 0 Å². The van der Waals surface area contributed by atoms with Gasteiger partial charge in [0.05, 0.1) is 0 Å². The maximum Gasteiger partial charge on any atom is 0.422 e. The summed E-state index contributed by atoms with van der Waals surface area (Å²) in [6.07, 6.45) is -5.15. The van der Waals surface area contributed by atoms with Crippen molar-refractivity contribution in [2.24, 2.45) is 0 Å². The summed E-state index contributed by atoms with van der Waals surface area (Å²) >= 11 is 0. The number of amides is 2. The number of carbonyl (C=O) groups excluding carboxylic acids is 2. The first-order chi connectivity index (χ1) is 11.4. The van der Waals surface area contributed by atoms with Crippen molar-refractivity contribution in [1.82, 2.24) is 5.32 Å². The van der Waals surface area contributed by atoms with E-state index in [1.54, 1.807) is 20.8 Å². The highest BCUT2D eigenvalue weighted by atomic mass is 19.4. The molecule has 0 unspecified atom stereocenters. The van der Waals surface area contributed by atoms with Crippen molar-refractivity contribution in [3.8, 4) is 5.75 Å². The molecule has 6 nitrogen and oxygen atoms in total. The van der Waals surface area contributed by atoms with E-state index in [1.807, 2.05) is 0 Å². The number of rotatable bonds is 5. The van der Waals surface area contributed by atoms with E-state index in [0.717, 1.165) is 0 Å². The van der Waals surface area contributed by atoms with Crippen molar-refractivity contribution in [3.63, 3.8) is 0 Å². The quantitative estimate of drug-likeness (QED) is 0.841. The van der Waals surface area contributed by atoms with E-state index >= 15 is 0 Å². The van der Waals surface area contributed by atoms with Crippen LogP contribution in [0.5, 0.6) is 5.75 Å². The van der Waals surface area contributed by atoms with E-state index in [9.17, 15) is 22.8 Å². The summed E-state index contributed by atoms with van der Waals surface area (Å²) in [6, 6.07) is 4.52. The molecule has 0 fully saturated rings. The molecule has 2 N–H and O–H groups in total. The van der Waals surface area contributed by atoms with Crippen LogP contribution in [0.25, 0.3) is 0 Å². The molecule has 0 aromatic heterocycles. The summed E-state index contributed by atoms with van der Waals surface area (Å²) in [4.78, 5) is 23.6. The Morgan fingerprint density at radius 2 is 1.68 bits per heavy atom. The van der Waals surface area contributed by atoms with E-state index in [-0.39, 0.29) is 5.75 Å². The van der Waals surface area contributed by atoms with Gasteiger partial charge in [-0.2, -0.15) is 13.2 Å². The van der Waals surface area contributed by atoms with Crippen LogP contribution in [0.3, 0.4) is 0 Å². The van der Waals surface area contributed by atoms with E-state index in [4.69, 9.17) is 4.74 Å². The molecule has 1 atom stereocenters. The van der Waals surface area contributed by atoms with E-state index in [2.05, 4.69) is 15.4 Å². The average molecular weight is 362 g/mol. The van der Waals surface area contributed by atoms with Crippen LogP contribution in [0.4, 0.5) is 23.7 Å². The highest BCUT2D eigenvalue weighted by molar-refractivity contribution is 5.96. The second kappa shape index (κ2) is 8.09. The number of anilines is 1. The summed E-state index contributed by atoms with van der Waals surface area (Å²) in [5.74, 6) is -0.481. The standard InChI is InChI=1S/C16H21F3N2O4/c1-10(20-14(23)25-15(2,3)4)13(22)21-11-5-7-12(8-6-11)24-9-16(17,18)19/h5-8,10H,9H2,1-4H3,(H,20,23)(H,21,22)/t10-/m1/s1. The lowest BCUT2D eigenvalue weighted by Gasteiger charge is -2.21. The van der Waals surface area contributed by atoms with Crippen LogP contribution >= 0.6 is 0 Å². The fourth-order valence-electron chi connectivity index (χ4n) is 1.60. The molecule has 2 amide bonds. The third-order valence-corrected chi connectivity index (χ3v) is 2.65. The summed E-state index contributed by atoms with van der Waals surface area (Å²) in [5, 5.41) is 4.90. The van der Waals surface area contributed by atoms with Crippen LogP contribution in [-0.4, -0.2) is 36.4 Å². The predicted octanol–water partition coefficient (Wildman–Crippen LogP) is 3.48. The molecule has 0 aliphatic rings. The van der Waals surface area contributed by atoms with Crippen LogP contribution < -0.4 is 15.4 Å². The fourth-order valence-corrected chi connectivity index (χ4v) is 1.60. The number of ether oxygens (including phenoxy) is 2. The second-order valence-electron chi connectivity index (χ2n) is 6.29. The molecule has 0 bridgehead atoms. The number of hydrogen-bond acceptors (Lipinski definition) is 4. The Kier molecular flexibility index (Phi) is 6.66. The van der Waals surface area contributed by atoms with Gasteiger partial charge in [0.15, 0.2) is 6.61 Å². The van der Waals surface area contributed by atoms with Crippen LogP contribution in [0, 0.1) is 0 Å². The molecule has 0 saturated carbocycles. The molecular weight excluding hydrogens is 341 g/mol. The Bertz CT molecular complexity index is 595. The van der Waals surface area contributed by atoms with Crippen LogP contribution in [0.2, 0.25) is 0 Å². The minimum Gasteiger partial charge on any atom is -0.484 e. The van der Waals surface area contributed by atoms with Crippen molar-refractivity contribution in [1.29, 1.82) is 0 Å². The van der Waals surface area contributed by atoms with Crippen LogP contribution in [-0.2, 0) is 9.53 Å². The van der Waals surface area contributed by atoms with Crippen LogP contribution in [0.15, 0.2) is 24.3 Å². The van der Waals surface area contributed by atoms with Crippen LogP contribution in [0.1, 0.15) is 27.7 Å². The van der Waals surface area contributed by atoms with Gasteiger partial charge in [-0.05, 0) is 52.0 Å². The third-order valence-electron chi connectivity index (χ3n) is 2.65. The van der Waals surface area contributed by atoms with E-state index < -0.39 is 36.4 Å². The zero-order valence-electron chi connectivity index (χ0n) is 14.4. The zero-order valence-corrected chi connectivity index (χ0v) is 14.4. The number of benzene rings is 1. The van der Waals surface area contributed by atoms with Gasteiger partial charge in [0.1, 0.15) is 17.4 Å². The van der Waals surface area contributed by atoms with Crippen molar-refractivity contribution in [2.75, 3.05) is 11.9 Å². The molecule has 0 aliphatic carbocycles. The molecule has 0 heterocycles. The molecule has 25 heavy (non-hydrogen) atoms. The van der Waals surface area contributed by atoms with Gasteiger partial charge in [-0.3, -0.25) is 4.79 Å². The largest absolute Gasteiger partial charge is 0.484 e. The van der Waals surface area contributed by atoms with Gasteiger partial charge in [0.2, 0.25) is 5.91 Å². The molecule has 9 heteroatoms. The number of hydrogen-bond donors (Lipinski definition) is 2. The molecule has 1 rings (SSSR count). The first-order valence-corrected chi connectivity index (χ1v) is 7.46. The van der Waals surface area contributed by atoms with E-state index in [0.29, 0.717) is 5.69 Å². The zero-order chi connectivity index (χ0) is 19.3. The summed E-state index contributed by atoms with van der Waals surface area (Å²) in [7, 11) is 0. The van der Waals surface area contributed by atoms with Gasteiger partial charge >= 0.3 is 12.3 Å². The Morgan fingerprint density at radius 1 is 1.12 bits per heavy atom. The maximum absolute atomic E-state index is 12.1. The Hall–Kier alpha value is -2.45. The summed E-state index contributed by atoms with van der Waals surface area (Å²) < 4.78 is 45.8. The topological polar surface area (TPSA) is 76.7 Å². The molecule has 0 aliphatic heterocycles. The second-order valence-corrected chi connectivity index (χ2v) is 6.29. The Labute approximate surface area is 143 Å². The van der Waals surface area contributed by atoms with Crippen molar-refractivity contribution >= 4 is 17.7 Å². The van der Waals surface area contributed by atoms with Crippen molar-refractivity contribution < 1.29 is 32.2 Å². The van der Waals surface area contributed by atoms with Gasteiger partial charge in [-0.15, -0.1) is 0 Å². The number of alkyl carbamates (subject to hydrolysis) is 1. The smallest absolute Gasteiger partial charge is 0.422 e. The van der Waals surface area contributed by atoms with Gasteiger partial charge in [-0.1, -0.05) is 0 Å². The molecule has 140 valence electrons. The molecule has 0 spiro atoms. The molecule has 0 saturated heterocycles. The highest BCUT2D eigenvalue weighted by Crippen LogP contribution is 2.20. The van der Waals surface area contributed by atoms with Gasteiger partial charge in [0, 0.05) is 5.69 Å². The lowest BCUT2D eigenvalue weighted by molar-refractivity contribution is -0.153. The van der Waals surface area contributed by atoms with Crippen molar-refractivity contribution in [3.05, 3.63) is 24.3 Å². The Balaban J connectivity index is 2.52. The SMILES string of the molecule is C[C@@H](NC(=O)OC(C)(C)C)C(=O)Nc1ccc(OCC(F)(F)F)cc1. The minimum atomic E-state index is -4.42. The molecule has 1 aromatic carbocycles. The Morgan fingerprint density at radius 3 is 2.16 bits per heavy atom. The molecule has 1 aromatic rings. The number of halogens is 3. The monoisotopic (exact) mass is 362 g/mol. The summed E-state index contributed by atoms with van der Waals surface area (Å²) in [6.45, 7) is 5.16. The summed E-state index contributed by atoms with van der Waals surface area (Å²) in [5.41, 5.74) is -0.339. The molecule has 0 radical (unpaired) electrons. The molecular formula is C16H21F3N2O4. The fraction of sp³-hybridized carbons (Fsp3) is 0.500. The third kappa shape index (κ3) is 8.83. The van der Waals surface area contributed by atoms with Gasteiger partial charge in [-0.25, -0.2) is 4.79 Å². The maximum atomic E-state index is 12.1. The predicted molar refractivity (Wildman–Crippen MR) is 85.5 cm³/mol. The van der Waals surface area contributed by atoms with Crippen molar-refractivity contribution in [2.45, 2.75) is 45.5 Å². The minimum absolute atomic E-state index is 0.0234. The highest BCUT2D eigenvalue weighted by Gasteiger charge is 2.28. The van der Waals surface area contributed by atoms with E-state index in [1.165, 1.54) is 31.2 Å². The average Bonchev–Trinajstić information content (AvgIpc) is 2.43. The number of carbonyl (C=O) groups is 2. The number of nitrogens with one attached hydrogen (secondary N) is 2.